The van der Waals surface area contributed by atoms with Crippen molar-refractivity contribution >= 4 is 38.8 Å². The fourth-order valence-electron chi connectivity index (χ4n) is 4.18. The maximum atomic E-state index is 13.7. The summed E-state index contributed by atoms with van der Waals surface area (Å²) in [6.07, 6.45) is 3.94. The lowest BCUT2D eigenvalue weighted by molar-refractivity contribution is 0.0969. The number of hydrogen-bond acceptors (Lipinski definition) is 7. The molecule has 0 bridgehead atoms. The van der Waals surface area contributed by atoms with Crippen LogP contribution in [0.1, 0.15) is 48.0 Å². The topological polar surface area (TPSA) is 94.8 Å². The Hall–Kier alpha value is -3.72. The normalized spacial score (nSPS) is 14.9. The number of anilines is 1. The van der Waals surface area contributed by atoms with Crippen molar-refractivity contribution in [3.8, 4) is 11.5 Å². The molecule has 5 rings (SSSR count). The van der Waals surface area contributed by atoms with Gasteiger partial charge in [0, 0.05) is 16.9 Å². The second-order valence-electron chi connectivity index (χ2n) is 7.93. The molecule has 0 saturated heterocycles. The van der Waals surface area contributed by atoms with E-state index in [4.69, 9.17) is 13.9 Å². The first-order valence-electron chi connectivity index (χ1n) is 11.3. The lowest BCUT2D eigenvalue weighted by Gasteiger charge is -2.24. The minimum Gasteiger partial charge on any atom is -0.490 e. The predicted molar refractivity (Wildman–Crippen MR) is 134 cm³/mol. The van der Waals surface area contributed by atoms with Crippen molar-refractivity contribution in [1.82, 2.24) is 9.97 Å². The Labute approximate surface area is 209 Å². The molecule has 0 saturated carbocycles. The van der Waals surface area contributed by atoms with Crippen LogP contribution in [0.15, 0.2) is 68.5 Å². The molecule has 1 unspecified atom stereocenters. The van der Waals surface area contributed by atoms with Gasteiger partial charge in [-0.05, 0) is 55.3 Å². The van der Waals surface area contributed by atoms with Crippen molar-refractivity contribution in [2.24, 2.45) is 0 Å². The van der Waals surface area contributed by atoms with Crippen molar-refractivity contribution in [1.29, 1.82) is 0 Å². The van der Waals surface area contributed by atoms with Crippen LogP contribution in [0.4, 0.5) is 5.95 Å². The molecule has 2 aromatic carbocycles. The largest absolute Gasteiger partial charge is 0.490 e. The van der Waals surface area contributed by atoms with Gasteiger partial charge in [-0.15, -0.1) is 0 Å². The van der Waals surface area contributed by atoms with Crippen LogP contribution in [-0.4, -0.2) is 29.1 Å². The third kappa shape index (κ3) is 4.05. The van der Waals surface area contributed by atoms with Crippen molar-refractivity contribution in [2.45, 2.75) is 26.3 Å². The standard InChI is InChI=1S/C26H22BrN3O5/c1-3-12-34-19-8-6-15(13-20(19)33-4-2)22-21-23(31)17-14-16(27)7-9-18(17)35-24(21)25(32)30(22)26-28-10-5-11-29-26/h5-11,13-14,22H,3-4,12H2,1-2H3. The van der Waals surface area contributed by atoms with E-state index < -0.39 is 11.9 Å². The number of carbonyl (C=O) groups excluding carboxylic acids is 1. The number of carbonyl (C=O) groups is 1. The van der Waals surface area contributed by atoms with E-state index in [2.05, 4.69) is 25.9 Å². The molecule has 9 heteroatoms. The van der Waals surface area contributed by atoms with Gasteiger partial charge >= 0.3 is 0 Å². The second-order valence-corrected chi connectivity index (χ2v) is 8.84. The number of ether oxygens (including phenoxy) is 2. The van der Waals surface area contributed by atoms with E-state index in [-0.39, 0.29) is 22.7 Å². The highest BCUT2D eigenvalue weighted by molar-refractivity contribution is 9.10. The van der Waals surface area contributed by atoms with E-state index in [1.165, 1.54) is 4.90 Å². The predicted octanol–water partition coefficient (Wildman–Crippen LogP) is 5.28. The Bertz CT molecular complexity index is 1470. The van der Waals surface area contributed by atoms with Crippen LogP contribution in [0.25, 0.3) is 11.0 Å². The molecule has 1 atom stereocenters. The molecule has 0 N–H and O–H groups in total. The van der Waals surface area contributed by atoms with Gasteiger partial charge in [-0.1, -0.05) is 28.9 Å². The number of hydrogen-bond donors (Lipinski definition) is 0. The number of rotatable bonds is 7. The lowest BCUT2D eigenvalue weighted by Crippen LogP contribution is -2.31. The molecule has 4 aromatic rings. The summed E-state index contributed by atoms with van der Waals surface area (Å²) in [6.45, 7) is 4.87. The molecule has 8 nitrogen and oxygen atoms in total. The SMILES string of the molecule is CCCOc1ccc(C2c3c(oc4ccc(Br)cc4c3=O)C(=O)N2c2ncccn2)cc1OCC. The molecule has 1 aliphatic rings. The van der Waals surface area contributed by atoms with Crippen molar-refractivity contribution in [3.63, 3.8) is 0 Å². The van der Waals surface area contributed by atoms with Crippen LogP contribution >= 0.6 is 15.9 Å². The van der Waals surface area contributed by atoms with E-state index in [1.54, 1.807) is 48.8 Å². The van der Waals surface area contributed by atoms with Crippen LogP contribution in [0.2, 0.25) is 0 Å². The highest BCUT2D eigenvalue weighted by Crippen LogP contribution is 2.42. The van der Waals surface area contributed by atoms with Crippen LogP contribution < -0.4 is 19.8 Å². The van der Waals surface area contributed by atoms with E-state index in [0.717, 1.165) is 10.9 Å². The first kappa shape index (κ1) is 23.0. The summed E-state index contributed by atoms with van der Waals surface area (Å²) >= 11 is 3.41. The summed E-state index contributed by atoms with van der Waals surface area (Å²) in [4.78, 5) is 37.3. The molecule has 2 aromatic heterocycles. The van der Waals surface area contributed by atoms with Gasteiger partial charge in [0.05, 0.1) is 30.2 Å². The Morgan fingerprint density at radius 1 is 1.03 bits per heavy atom. The third-order valence-corrected chi connectivity index (χ3v) is 6.14. The molecule has 1 aliphatic heterocycles. The van der Waals surface area contributed by atoms with Crippen LogP contribution in [0.5, 0.6) is 11.5 Å². The molecular formula is C26H22BrN3O5. The van der Waals surface area contributed by atoms with Crippen molar-refractivity contribution in [3.05, 3.63) is 86.4 Å². The fraction of sp³-hybridized carbons (Fsp3) is 0.231. The maximum absolute atomic E-state index is 13.7. The Balaban J connectivity index is 1.75. The monoisotopic (exact) mass is 535 g/mol. The highest BCUT2D eigenvalue weighted by Gasteiger charge is 2.45. The fourth-order valence-corrected chi connectivity index (χ4v) is 4.54. The molecule has 1 amide bonds. The number of amides is 1. The zero-order valence-electron chi connectivity index (χ0n) is 19.2. The molecule has 0 aliphatic carbocycles. The minimum absolute atomic E-state index is 0.0217. The highest BCUT2D eigenvalue weighted by atomic mass is 79.9. The van der Waals surface area contributed by atoms with Crippen LogP contribution in [0.3, 0.4) is 0 Å². The van der Waals surface area contributed by atoms with Gasteiger partial charge in [0.2, 0.25) is 11.7 Å². The first-order chi connectivity index (χ1) is 17.0. The average Bonchev–Trinajstić information content (AvgIpc) is 3.17. The number of halogens is 1. The van der Waals surface area contributed by atoms with E-state index in [9.17, 15) is 9.59 Å². The quantitative estimate of drug-likeness (QED) is 0.317. The second kappa shape index (κ2) is 9.50. The number of nitrogens with zero attached hydrogens (tertiary/aromatic N) is 3. The molecule has 35 heavy (non-hydrogen) atoms. The Morgan fingerprint density at radius 2 is 1.83 bits per heavy atom. The first-order valence-corrected chi connectivity index (χ1v) is 12.1. The van der Waals surface area contributed by atoms with Crippen molar-refractivity contribution in [2.75, 3.05) is 18.1 Å². The summed E-state index contributed by atoms with van der Waals surface area (Å²) < 4.78 is 18.4. The van der Waals surface area contributed by atoms with Gasteiger partial charge in [0.1, 0.15) is 5.58 Å². The van der Waals surface area contributed by atoms with E-state index in [1.807, 2.05) is 19.9 Å². The number of benzene rings is 2. The summed E-state index contributed by atoms with van der Waals surface area (Å²) in [7, 11) is 0. The molecule has 3 heterocycles. The summed E-state index contributed by atoms with van der Waals surface area (Å²) in [6, 6.07) is 11.4. The molecule has 178 valence electrons. The molecule has 0 spiro atoms. The number of aromatic nitrogens is 2. The van der Waals surface area contributed by atoms with Gasteiger partial charge < -0.3 is 13.9 Å². The lowest BCUT2D eigenvalue weighted by atomic mass is 9.98. The molecule has 0 radical (unpaired) electrons. The van der Waals surface area contributed by atoms with Gasteiger partial charge in [0.25, 0.3) is 5.91 Å². The average molecular weight is 536 g/mol. The zero-order chi connectivity index (χ0) is 24.5. The van der Waals surface area contributed by atoms with Gasteiger partial charge in [-0.2, -0.15) is 0 Å². The van der Waals surface area contributed by atoms with Gasteiger partial charge in [0.15, 0.2) is 16.9 Å². The maximum Gasteiger partial charge on any atom is 0.297 e. The third-order valence-electron chi connectivity index (χ3n) is 5.64. The summed E-state index contributed by atoms with van der Waals surface area (Å²) in [5.41, 5.74) is 0.929. The molecular weight excluding hydrogens is 514 g/mol. The Kier molecular flexibility index (Phi) is 6.25. The smallest absolute Gasteiger partial charge is 0.297 e. The van der Waals surface area contributed by atoms with Crippen molar-refractivity contribution < 1.29 is 18.7 Å². The van der Waals surface area contributed by atoms with Crippen LogP contribution in [-0.2, 0) is 0 Å². The van der Waals surface area contributed by atoms with E-state index in [0.29, 0.717) is 41.2 Å². The zero-order valence-corrected chi connectivity index (χ0v) is 20.7. The summed E-state index contributed by atoms with van der Waals surface area (Å²) in [5, 5.41) is 0.375. The van der Waals surface area contributed by atoms with Gasteiger partial charge in [-0.25, -0.2) is 9.97 Å². The van der Waals surface area contributed by atoms with Crippen LogP contribution in [0, 0.1) is 0 Å². The minimum atomic E-state index is -0.807. The van der Waals surface area contributed by atoms with E-state index >= 15 is 0 Å². The van der Waals surface area contributed by atoms with Gasteiger partial charge in [-0.3, -0.25) is 14.5 Å². The Morgan fingerprint density at radius 3 is 2.57 bits per heavy atom. The summed E-state index contributed by atoms with van der Waals surface area (Å²) in [5.74, 6) is 0.789. The molecule has 0 fully saturated rings. The number of fused-ring (bicyclic) bond motifs is 2.